The Labute approximate surface area is 70.0 Å². The minimum atomic E-state index is -0.343. The molecular formula is C8H9ClFN. The first-order valence-electron chi connectivity index (χ1n) is 3.31. The van der Waals surface area contributed by atoms with Crippen molar-refractivity contribution in [2.24, 2.45) is 5.73 Å². The number of benzene rings is 1. The summed E-state index contributed by atoms with van der Waals surface area (Å²) >= 11 is 5.60. The second-order valence-corrected chi connectivity index (χ2v) is 2.93. The van der Waals surface area contributed by atoms with Gasteiger partial charge in [0.25, 0.3) is 0 Å². The van der Waals surface area contributed by atoms with Crippen molar-refractivity contribution in [3.05, 3.63) is 34.6 Å². The molecule has 0 saturated heterocycles. The molecule has 0 spiro atoms. The minimum Gasteiger partial charge on any atom is -0.324 e. The Morgan fingerprint density at radius 1 is 1.45 bits per heavy atom. The van der Waals surface area contributed by atoms with Gasteiger partial charge < -0.3 is 5.73 Å². The van der Waals surface area contributed by atoms with Gasteiger partial charge in [0, 0.05) is 11.1 Å². The molecule has 0 aliphatic heterocycles. The van der Waals surface area contributed by atoms with Crippen molar-refractivity contribution in [3.8, 4) is 0 Å². The van der Waals surface area contributed by atoms with Crippen LogP contribution in [0.4, 0.5) is 4.39 Å². The standard InChI is InChI=1S/C8H9ClFN/c1-5(11)6-2-7(9)4-8(10)3-6/h2-5H,11H2,1H3. The van der Waals surface area contributed by atoms with Crippen LogP contribution >= 0.6 is 11.6 Å². The van der Waals surface area contributed by atoms with Gasteiger partial charge >= 0.3 is 0 Å². The molecule has 0 saturated carbocycles. The summed E-state index contributed by atoms with van der Waals surface area (Å²) in [6.45, 7) is 1.78. The first kappa shape index (κ1) is 8.50. The van der Waals surface area contributed by atoms with E-state index in [1.54, 1.807) is 13.0 Å². The molecule has 1 aromatic rings. The van der Waals surface area contributed by atoms with Gasteiger partial charge in [0.2, 0.25) is 0 Å². The molecule has 0 heterocycles. The van der Waals surface area contributed by atoms with Crippen LogP contribution in [0.1, 0.15) is 18.5 Å². The fourth-order valence-corrected chi connectivity index (χ4v) is 1.07. The summed E-state index contributed by atoms with van der Waals surface area (Å²) in [5.74, 6) is -0.343. The zero-order valence-electron chi connectivity index (χ0n) is 6.14. The minimum absolute atomic E-state index is 0.178. The zero-order valence-corrected chi connectivity index (χ0v) is 6.90. The third kappa shape index (κ3) is 2.17. The Kier molecular flexibility index (Phi) is 2.47. The summed E-state index contributed by atoms with van der Waals surface area (Å²) in [6, 6.07) is 4.13. The molecule has 1 atom stereocenters. The topological polar surface area (TPSA) is 26.0 Å². The lowest BCUT2D eigenvalue weighted by Crippen LogP contribution is -2.04. The van der Waals surface area contributed by atoms with Crippen LogP contribution in [0.5, 0.6) is 0 Å². The van der Waals surface area contributed by atoms with E-state index in [1.807, 2.05) is 0 Å². The van der Waals surface area contributed by atoms with E-state index in [0.717, 1.165) is 5.56 Å². The summed E-state index contributed by atoms with van der Waals surface area (Å²) < 4.78 is 12.6. The van der Waals surface area contributed by atoms with E-state index in [-0.39, 0.29) is 11.9 Å². The van der Waals surface area contributed by atoms with Crippen molar-refractivity contribution < 1.29 is 4.39 Å². The molecule has 0 amide bonds. The van der Waals surface area contributed by atoms with E-state index in [9.17, 15) is 4.39 Å². The van der Waals surface area contributed by atoms with Crippen molar-refractivity contribution >= 4 is 11.6 Å². The molecule has 0 aromatic heterocycles. The predicted octanol–water partition coefficient (Wildman–Crippen LogP) is 2.50. The molecule has 0 aliphatic rings. The molecule has 1 nitrogen and oxygen atoms in total. The second-order valence-electron chi connectivity index (χ2n) is 2.49. The van der Waals surface area contributed by atoms with Gasteiger partial charge in [-0.2, -0.15) is 0 Å². The molecule has 0 fully saturated rings. The van der Waals surface area contributed by atoms with Gasteiger partial charge in [0.05, 0.1) is 0 Å². The normalized spacial score (nSPS) is 13.1. The Hall–Kier alpha value is -0.600. The highest BCUT2D eigenvalue weighted by molar-refractivity contribution is 6.30. The van der Waals surface area contributed by atoms with Crippen LogP contribution in [0.2, 0.25) is 5.02 Å². The third-order valence-electron chi connectivity index (χ3n) is 1.41. The molecule has 1 unspecified atom stereocenters. The van der Waals surface area contributed by atoms with Crippen LogP contribution in [0.15, 0.2) is 18.2 Å². The number of hydrogen-bond acceptors (Lipinski definition) is 1. The van der Waals surface area contributed by atoms with Gasteiger partial charge in [-0.1, -0.05) is 11.6 Å². The van der Waals surface area contributed by atoms with Crippen molar-refractivity contribution in [2.45, 2.75) is 13.0 Å². The third-order valence-corrected chi connectivity index (χ3v) is 1.63. The molecule has 11 heavy (non-hydrogen) atoms. The second kappa shape index (κ2) is 3.20. The van der Waals surface area contributed by atoms with E-state index in [1.165, 1.54) is 12.1 Å². The van der Waals surface area contributed by atoms with E-state index < -0.39 is 0 Å². The maximum absolute atomic E-state index is 12.6. The van der Waals surface area contributed by atoms with Crippen LogP contribution in [0.3, 0.4) is 0 Å². The lowest BCUT2D eigenvalue weighted by atomic mass is 10.1. The van der Waals surface area contributed by atoms with Gasteiger partial charge in [0.15, 0.2) is 0 Å². The van der Waals surface area contributed by atoms with Crippen molar-refractivity contribution in [1.29, 1.82) is 0 Å². The first-order valence-corrected chi connectivity index (χ1v) is 3.69. The van der Waals surface area contributed by atoms with E-state index in [2.05, 4.69) is 0 Å². The largest absolute Gasteiger partial charge is 0.324 e. The average molecular weight is 174 g/mol. The SMILES string of the molecule is CC(N)c1cc(F)cc(Cl)c1. The Morgan fingerprint density at radius 3 is 2.55 bits per heavy atom. The molecule has 1 aromatic carbocycles. The first-order chi connectivity index (χ1) is 5.09. The van der Waals surface area contributed by atoms with Crippen LogP contribution < -0.4 is 5.73 Å². The average Bonchev–Trinajstić information content (AvgIpc) is 1.85. The Balaban J connectivity index is 3.08. The molecule has 60 valence electrons. The summed E-state index contributed by atoms with van der Waals surface area (Å²) in [4.78, 5) is 0. The summed E-state index contributed by atoms with van der Waals surface area (Å²) in [6.07, 6.45) is 0. The number of nitrogens with two attached hydrogens (primary N) is 1. The van der Waals surface area contributed by atoms with Crippen LogP contribution in [0.25, 0.3) is 0 Å². The maximum atomic E-state index is 12.6. The van der Waals surface area contributed by atoms with Crippen LogP contribution in [0, 0.1) is 5.82 Å². The summed E-state index contributed by atoms with van der Waals surface area (Å²) in [5.41, 5.74) is 6.24. The van der Waals surface area contributed by atoms with Gasteiger partial charge in [-0.15, -0.1) is 0 Å². The fraction of sp³-hybridized carbons (Fsp3) is 0.250. The molecular weight excluding hydrogens is 165 g/mol. The van der Waals surface area contributed by atoms with E-state index >= 15 is 0 Å². The quantitative estimate of drug-likeness (QED) is 0.694. The highest BCUT2D eigenvalue weighted by Crippen LogP contribution is 2.17. The van der Waals surface area contributed by atoms with Crippen molar-refractivity contribution in [2.75, 3.05) is 0 Å². The van der Waals surface area contributed by atoms with Gasteiger partial charge in [-0.05, 0) is 30.7 Å². The van der Waals surface area contributed by atoms with Crippen molar-refractivity contribution in [3.63, 3.8) is 0 Å². The molecule has 0 radical (unpaired) electrons. The molecule has 3 heteroatoms. The van der Waals surface area contributed by atoms with Crippen molar-refractivity contribution in [1.82, 2.24) is 0 Å². The fourth-order valence-electron chi connectivity index (χ4n) is 0.838. The Bertz CT molecular complexity index is 240. The molecule has 0 bridgehead atoms. The smallest absolute Gasteiger partial charge is 0.125 e. The van der Waals surface area contributed by atoms with Gasteiger partial charge in [-0.3, -0.25) is 0 Å². The molecule has 2 N–H and O–H groups in total. The van der Waals surface area contributed by atoms with Gasteiger partial charge in [-0.25, -0.2) is 4.39 Å². The highest BCUT2D eigenvalue weighted by atomic mass is 35.5. The molecule has 0 aliphatic carbocycles. The molecule has 1 rings (SSSR count). The maximum Gasteiger partial charge on any atom is 0.125 e. The summed E-state index contributed by atoms with van der Waals surface area (Å²) in [5, 5.41) is 0.386. The van der Waals surface area contributed by atoms with Gasteiger partial charge in [0.1, 0.15) is 5.82 Å². The van der Waals surface area contributed by atoms with E-state index in [4.69, 9.17) is 17.3 Å². The number of hydrogen-bond donors (Lipinski definition) is 1. The zero-order chi connectivity index (χ0) is 8.43. The Morgan fingerprint density at radius 2 is 2.09 bits per heavy atom. The monoisotopic (exact) mass is 173 g/mol. The summed E-state index contributed by atoms with van der Waals surface area (Å²) in [7, 11) is 0. The highest BCUT2D eigenvalue weighted by Gasteiger charge is 2.02. The lowest BCUT2D eigenvalue weighted by Gasteiger charge is -2.05. The number of halogens is 2. The van der Waals surface area contributed by atoms with Crippen LogP contribution in [-0.2, 0) is 0 Å². The van der Waals surface area contributed by atoms with Crippen LogP contribution in [-0.4, -0.2) is 0 Å². The lowest BCUT2D eigenvalue weighted by molar-refractivity contribution is 0.622. The van der Waals surface area contributed by atoms with E-state index in [0.29, 0.717) is 5.02 Å². The number of rotatable bonds is 1. The predicted molar refractivity (Wildman–Crippen MR) is 44.0 cm³/mol.